The molecule has 0 bridgehead atoms. The number of carbonyl (C=O) groups excluding carboxylic acids is 1. The molecular formula is C20H23NO5. The molecule has 26 heavy (non-hydrogen) atoms. The molecule has 1 unspecified atom stereocenters. The van der Waals surface area contributed by atoms with Crippen molar-refractivity contribution in [2.75, 3.05) is 13.9 Å². The molecule has 1 atom stereocenters. The van der Waals surface area contributed by atoms with Crippen LogP contribution in [0.25, 0.3) is 0 Å². The van der Waals surface area contributed by atoms with Gasteiger partial charge in [-0.25, -0.2) is 0 Å². The summed E-state index contributed by atoms with van der Waals surface area (Å²) in [5, 5.41) is 2.98. The van der Waals surface area contributed by atoms with Gasteiger partial charge in [0.05, 0.1) is 19.3 Å². The minimum absolute atomic E-state index is 0.0536. The van der Waals surface area contributed by atoms with Crippen LogP contribution in [0.2, 0.25) is 0 Å². The summed E-state index contributed by atoms with van der Waals surface area (Å²) in [4.78, 5) is 12.5. The van der Waals surface area contributed by atoms with E-state index < -0.39 is 0 Å². The van der Waals surface area contributed by atoms with E-state index in [-0.39, 0.29) is 24.8 Å². The first-order valence-electron chi connectivity index (χ1n) is 8.53. The highest BCUT2D eigenvalue weighted by Crippen LogP contribution is 2.33. The molecule has 1 aliphatic heterocycles. The number of ether oxygens (including phenoxy) is 4. The summed E-state index contributed by atoms with van der Waals surface area (Å²) in [6.45, 7) is 6.02. The fraction of sp³-hybridized carbons (Fsp3) is 0.350. The van der Waals surface area contributed by atoms with E-state index in [0.29, 0.717) is 28.6 Å². The average molecular weight is 357 g/mol. The molecule has 1 heterocycles. The summed E-state index contributed by atoms with van der Waals surface area (Å²) < 4.78 is 21.7. The number of benzene rings is 2. The second-order valence-corrected chi connectivity index (χ2v) is 6.34. The van der Waals surface area contributed by atoms with E-state index in [0.717, 1.165) is 5.56 Å². The minimum Gasteiger partial charge on any atom is -0.493 e. The number of fused-ring (bicyclic) bond motifs is 1. The van der Waals surface area contributed by atoms with Crippen molar-refractivity contribution < 1.29 is 23.7 Å². The van der Waals surface area contributed by atoms with Crippen LogP contribution in [0.3, 0.4) is 0 Å². The summed E-state index contributed by atoms with van der Waals surface area (Å²) in [6, 6.07) is 10.6. The van der Waals surface area contributed by atoms with E-state index in [9.17, 15) is 4.79 Å². The smallest absolute Gasteiger partial charge is 0.251 e. The maximum absolute atomic E-state index is 12.5. The number of amides is 1. The molecule has 0 saturated heterocycles. The standard InChI is InChI=1S/C20H23NO5/c1-12(2)26-17-8-5-14(9-18(17)23-4)13(3)21-20(22)15-6-7-16-19(10-15)25-11-24-16/h5-10,12-13H,11H2,1-4H3,(H,21,22). The van der Waals surface area contributed by atoms with Crippen molar-refractivity contribution in [1.29, 1.82) is 0 Å². The van der Waals surface area contributed by atoms with Crippen LogP contribution in [-0.4, -0.2) is 25.9 Å². The number of nitrogens with one attached hydrogen (secondary N) is 1. The Morgan fingerprint density at radius 3 is 2.54 bits per heavy atom. The number of hydrogen-bond acceptors (Lipinski definition) is 5. The van der Waals surface area contributed by atoms with Crippen molar-refractivity contribution >= 4 is 5.91 Å². The molecule has 3 rings (SSSR count). The molecule has 1 aliphatic rings. The topological polar surface area (TPSA) is 66.0 Å². The van der Waals surface area contributed by atoms with Crippen LogP contribution in [0.1, 0.15) is 42.7 Å². The molecular weight excluding hydrogens is 334 g/mol. The molecule has 0 saturated carbocycles. The fourth-order valence-corrected chi connectivity index (χ4v) is 2.71. The number of hydrogen-bond donors (Lipinski definition) is 1. The van der Waals surface area contributed by atoms with E-state index in [1.54, 1.807) is 25.3 Å². The van der Waals surface area contributed by atoms with Gasteiger partial charge in [0.25, 0.3) is 5.91 Å². The SMILES string of the molecule is COc1cc(C(C)NC(=O)c2ccc3c(c2)OCO3)ccc1OC(C)C. The van der Waals surface area contributed by atoms with Crippen molar-refractivity contribution in [2.45, 2.75) is 32.9 Å². The lowest BCUT2D eigenvalue weighted by Crippen LogP contribution is -2.26. The molecule has 1 amide bonds. The molecule has 0 spiro atoms. The highest BCUT2D eigenvalue weighted by atomic mass is 16.7. The van der Waals surface area contributed by atoms with E-state index in [1.165, 1.54) is 0 Å². The predicted octanol–water partition coefficient (Wildman–Crippen LogP) is 3.70. The third kappa shape index (κ3) is 3.85. The Morgan fingerprint density at radius 2 is 1.81 bits per heavy atom. The van der Waals surface area contributed by atoms with Crippen LogP contribution in [-0.2, 0) is 0 Å². The third-order valence-corrected chi connectivity index (χ3v) is 4.03. The van der Waals surface area contributed by atoms with Crippen molar-refractivity contribution in [3.8, 4) is 23.0 Å². The zero-order valence-electron chi connectivity index (χ0n) is 15.4. The monoisotopic (exact) mass is 357 g/mol. The Kier molecular flexibility index (Phi) is 5.21. The summed E-state index contributed by atoms with van der Waals surface area (Å²) in [5.74, 6) is 2.38. The van der Waals surface area contributed by atoms with E-state index in [2.05, 4.69) is 5.32 Å². The molecule has 6 nitrogen and oxygen atoms in total. The summed E-state index contributed by atoms with van der Waals surface area (Å²) >= 11 is 0. The molecule has 0 fully saturated rings. The highest BCUT2D eigenvalue weighted by Gasteiger charge is 2.18. The van der Waals surface area contributed by atoms with Gasteiger partial charge in [-0.1, -0.05) is 6.07 Å². The minimum atomic E-state index is -0.199. The van der Waals surface area contributed by atoms with Gasteiger partial charge in [-0.05, 0) is 56.7 Å². The van der Waals surface area contributed by atoms with E-state index in [4.69, 9.17) is 18.9 Å². The molecule has 0 aliphatic carbocycles. The van der Waals surface area contributed by atoms with E-state index in [1.807, 2.05) is 39.0 Å². The molecule has 6 heteroatoms. The summed E-state index contributed by atoms with van der Waals surface area (Å²) in [6.07, 6.45) is 0.0536. The van der Waals surface area contributed by atoms with Gasteiger partial charge >= 0.3 is 0 Å². The zero-order valence-corrected chi connectivity index (χ0v) is 15.4. The van der Waals surface area contributed by atoms with Gasteiger partial charge in [0.15, 0.2) is 23.0 Å². The van der Waals surface area contributed by atoms with Gasteiger partial charge in [0.1, 0.15) is 0 Å². The van der Waals surface area contributed by atoms with Crippen LogP contribution in [0, 0.1) is 0 Å². The van der Waals surface area contributed by atoms with Gasteiger partial charge in [-0.2, -0.15) is 0 Å². The normalized spacial score (nSPS) is 13.4. The Balaban J connectivity index is 1.73. The number of carbonyl (C=O) groups is 1. The van der Waals surface area contributed by atoms with Gasteiger partial charge in [0, 0.05) is 5.56 Å². The maximum Gasteiger partial charge on any atom is 0.251 e. The van der Waals surface area contributed by atoms with Gasteiger partial charge in [0.2, 0.25) is 6.79 Å². The Hall–Kier alpha value is -2.89. The van der Waals surface area contributed by atoms with Gasteiger partial charge in [-0.15, -0.1) is 0 Å². The van der Waals surface area contributed by atoms with Gasteiger partial charge in [-0.3, -0.25) is 4.79 Å². The first-order chi connectivity index (χ1) is 12.5. The summed E-state index contributed by atoms with van der Waals surface area (Å²) in [5.41, 5.74) is 1.44. The third-order valence-electron chi connectivity index (χ3n) is 4.03. The second-order valence-electron chi connectivity index (χ2n) is 6.34. The molecule has 0 radical (unpaired) electrons. The molecule has 138 valence electrons. The Morgan fingerprint density at radius 1 is 1.04 bits per heavy atom. The van der Waals surface area contributed by atoms with Crippen molar-refractivity contribution in [1.82, 2.24) is 5.32 Å². The fourth-order valence-electron chi connectivity index (χ4n) is 2.71. The largest absolute Gasteiger partial charge is 0.493 e. The molecule has 0 aromatic heterocycles. The number of rotatable bonds is 6. The maximum atomic E-state index is 12.5. The Bertz CT molecular complexity index is 803. The van der Waals surface area contributed by atoms with Crippen LogP contribution in [0.15, 0.2) is 36.4 Å². The quantitative estimate of drug-likeness (QED) is 0.854. The molecule has 2 aromatic rings. The zero-order chi connectivity index (χ0) is 18.7. The van der Waals surface area contributed by atoms with Crippen LogP contribution < -0.4 is 24.3 Å². The molecule has 2 aromatic carbocycles. The van der Waals surface area contributed by atoms with Crippen LogP contribution in [0.4, 0.5) is 0 Å². The first-order valence-corrected chi connectivity index (χ1v) is 8.53. The van der Waals surface area contributed by atoms with Crippen LogP contribution in [0.5, 0.6) is 23.0 Å². The van der Waals surface area contributed by atoms with E-state index >= 15 is 0 Å². The second kappa shape index (κ2) is 7.56. The lowest BCUT2D eigenvalue weighted by Gasteiger charge is -2.18. The summed E-state index contributed by atoms with van der Waals surface area (Å²) in [7, 11) is 1.60. The van der Waals surface area contributed by atoms with Crippen molar-refractivity contribution in [2.24, 2.45) is 0 Å². The highest BCUT2D eigenvalue weighted by molar-refractivity contribution is 5.95. The van der Waals surface area contributed by atoms with Crippen molar-refractivity contribution in [3.63, 3.8) is 0 Å². The Labute approximate surface area is 153 Å². The van der Waals surface area contributed by atoms with Gasteiger partial charge < -0.3 is 24.3 Å². The van der Waals surface area contributed by atoms with Crippen LogP contribution >= 0.6 is 0 Å². The lowest BCUT2D eigenvalue weighted by molar-refractivity contribution is 0.0939. The number of methoxy groups -OCH3 is 1. The molecule has 1 N–H and O–H groups in total. The average Bonchev–Trinajstić information content (AvgIpc) is 3.09. The predicted molar refractivity (Wildman–Crippen MR) is 97.2 cm³/mol. The van der Waals surface area contributed by atoms with Crippen molar-refractivity contribution in [3.05, 3.63) is 47.5 Å². The first kappa shape index (κ1) is 17.9. The lowest BCUT2D eigenvalue weighted by atomic mass is 10.1.